The smallest absolute Gasteiger partial charge is 0.268 e. The Labute approximate surface area is 188 Å². The van der Waals surface area contributed by atoms with Crippen LogP contribution in [0.25, 0.3) is 5.69 Å². The highest BCUT2D eigenvalue weighted by atomic mass is 35.5. The van der Waals surface area contributed by atoms with Crippen LogP contribution in [-0.4, -0.2) is 48.9 Å². The van der Waals surface area contributed by atoms with Gasteiger partial charge in [0.2, 0.25) is 0 Å². The first kappa shape index (κ1) is 23.3. The maximum Gasteiger partial charge on any atom is 0.268 e. The van der Waals surface area contributed by atoms with Gasteiger partial charge in [0.1, 0.15) is 11.3 Å². The highest BCUT2D eigenvalue weighted by molar-refractivity contribution is 5.95. The molecule has 2 fully saturated rings. The molecule has 0 radical (unpaired) electrons. The monoisotopic (exact) mass is 447 g/mol. The molecule has 2 aliphatic rings. The molecule has 3 heterocycles. The van der Waals surface area contributed by atoms with Gasteiger partial charge in [-0.05, 0) is 69.5 Å². The fourth-order valence-corrected chi connectivity index (χ4v) is 4.62. The first-order chi connectivity index (χ1) is 14.6. The number of halogens is 1. The Bertz CT molecular complexity index is 977. The Morgan fingerprint density at radius 2 is 2.00 bits per heavy atom. The molecule has 0 aliphatic carbocycles. The number of nitrogens with one attached hydrogen (secondary N) is 2. The molecule has 0 saturated carbocycles. The average molecular weight is 448 g/mol. The molecule has 1 unspecified atom stereocenters. The number of amides is 1. The number of para-hydroxylation sites is 2. The summed E-state index contributed by atoms with van der Waals surface area (Å²) in [7, 11) is 1.56. The summed E-state index contributed by atoms with van der Waals surface area (Å²) >= 11 is 0. The predicted molar refractivity (Wildman–Crippen MR) is 122 cm³/mol. The van der Waals surface area contributed by atoms with Gasteiger partial charge < -0.3 is 20.1 Å². The fraction of sp³-hybridized carbons (Fsp3) is 0.478. The Balaban J connectivity index is 0.00000272. The lowest BCUT2D eigenvalue weighted by Gasteiger charge is -2.46. The zero-order chi connectivity index (χ0) is 21.1. The van der Waals surface area contributed by atoms with E-state index in [0.717, 1.165) is 45.4 Å². The average Bonchev–Trinajstić information content (AvgIpc) is 2.76. The van der Waals surface area contributed by atoms with Crippen LogP contribution in [0.2, 0.25) is 0 Å². The van der Waals surface area contributed by atoms with Crippen LogP contribution in [0.5, 0.6) is 5.75 Å². The van der Waals surface area contributed by atoms with E-state index in [1.54, 1.807) is 38.4 Å². The van der Waals surface area contributed by atoms with Gasteiger partial charge in [-0.25, -0.2) is 0 Å². The molecule has 1 aromatic heterocycles. The Kier molecular flexibility index (Phi) is 7.41. The zero-order valence-electron chi connectivity index (χ0n) is 18.0. The maximum atomic E-state index is 13.3. The van der Waals surface area contributed by atoms with Gasteiger partial charge in [0, 0.05) is 12.8 Å². The lowest BCUT2D eigenvalue weighted by atomic mass is 9.80. The topological polar surface area (TPSA) is 81.6 Å². The van der Waals surface area contributed by atoms with E-state index in [1.807, 2.05) is 12.1 Å². The lowest BCUT2D eigenvalue weighted by Crippen LogP contribution is -2.60. The van der Waals surface area contributed by atoms with Crippen molar-refractivity contribution in [1.82, 2.24) is 15.2 Å². The third kappa shape index (κ3) is 4.49. The van der Waals surface area contributed by atoms with E-state index in [1.165, 1.54) is 4.57 Å². The highest BCUT2D eigenvalue weighted by Crippen LogP contribution is 2.33. The number of carbonyl (C=O) groups excluding carboxylic acids is 1. The molecule has 168 valence electrons. The van der Waals surface area contributed by atoms with Gasteiger partial charge >= 0.3 is 0 Å². The number of hydrogen-bond donors (Lipinski definition) is 2. The van der Waals surface area contributed by atoms with Crippen LogP contribution in [0.4, 0.5) is 0 Å². The Hall–Kier alpha value is -2.35. The third-order valence-electron chi connectivity index (χ3n) is 6.29. The van der Waals surface area contributed by atoms with Gasteiger partial charge in [-0.3, -0.25) is 14.2 Å². The van der Waals surface area contributed by atoms with Crippen molar-refractivity contribution < 1.29 is 14.3 Å². The molecule has 1 atom stereocenters. The molecule has 1 spiro atoms. The Morgan fingerprint density at radius 3 is 2.74 bits per heavy atom. The summed E-state index contributed by atoms with van der Waals surface area (Å²) in [6, 6.07) is 8.97. The number of nitrogens with zero attached hydrogens (tertiary/aromatic N) is 1. The minimum atomic E-state index is -0.354. The molecular weight excluding hydrogens is 418 g/mol. The van der Waals surface area contributed by atoms with E-state index in [4.69, 9.17) is 9.47 Å². The number of aromatic nitrogens is 1. The van der Waals surface area contributed by atoms with Gasteiger partial charge in [-0.1, -0.05) is 12.1 Å². The van der Waals surface area contributed by atoms with Gasteiger partial charge in [-0.2, -0.15) is 0 Å². The van der Waals surface area contributed by atoms with E-state index >= 15 is 0 Å². The second-order valence-electron chi connectivity index (χ2n) is 8.05. The number of pyridine rings is 1. The molecule has 7 nitrogen and oxygen atoms in total. The van der Waals surface area contributed by atoms with Gasteiger partial charge in [0.05, 0.1) is 24.4 Å². The molecule has 8 heteroatoms. The second-order valence-corrected chi connectivity index (χ2v) is 8.05. The van der Waals surface area contributed by atoms with Crippen molar-refractivity contribution in [2.45, 2.75) is 44.2 Å². The van der Waals surface area contributed by atoms with E-state index in [2.05, 4.69) is 10.6 Å². The number of aryl methyl sites for hydroxylation is 1. The molecule has 0 bridgehead atoms. The minimum Gasteiger partial charge on any atom is -0.495 e. The standard InChI is InChI=1S/C23H29N3O4.ClH/c1-16-9-14-26(17-6-3-4-7-18(17)29-2)22(28)20(16)21(27)25-19-8-5-15-30-23(19)10-12-24-13-11-23;/h3-4,6-7,9,14,19,24H,5,8,10-13,15H2,1-2H3,(H,25,27);1H. The number of piperidine rings is 1. The van der Waals surface area contributed by atoms with Crippen LogP contribution >= 0.6 is 12.4 Å². The summed E-state index contributed by atoms with van der Waals surface area (Å²) < 4.78 is 13.1. The fourth-order valence-electron chi connectivity index (χ4n) is 4.62. The van der Waals surface area contributed by atoms with E-state index in [0.29, 0.717) is 17.0 Å². The first-order valence-corrected chi connectivity index (χ1v) is 10.6. The maximum absolute atomic E-state index is 13.3. The number of benzene rings is 1. The van der Waals surface area contributed by atoms with Crippen molar-refractivity contribution in [2.24, 2.45) is 0 Å². The van der Waals surface area contributed by atoms with Crippen molar-refractivity contribution in [3.05, 3.63) is 58.0 Å². The molecule has 1 amide bonds. The molecule has 2 aliphatic heterocycles. The van der Waals surface area contributed by atoms with Crippen LogP contribution in [0, 0.1) is 6.92 Å². The summed E-state index contributed by atoms with van der Waals surface area (Å²) in [5.74, 6) is 0.235. The molecule has 4 rings (SSSR count). The summed E-state index contributed by atoms with van der Waals surface area (Å²) in [6.07, 6.45) is 5.16. The van der Waals surface area contributed by atoms with Crippen molar-refractivity contribution in [3.63, 3.8) is 0 Å². The van der Waals surface area contributed by atoms with Gasteiger partial charge in [-0.15, -0.1) is 12.4 Å². The number of rotatable bonds is 4. The summed E-state index contributed by atoms with van der Waals surface area (Å²) in [5, 5.41) is 6.51. The van der Waals surface area contributed by atoms with Crippen LogP contribution in [0.15, 0.2) is 41.3 Å². The van der Waals surface area contributed by atoms with Crippen molar-refractivity contribution >= 4 is 18.3 Å². The predicted octanol–water partition coefficient (Wildman–Crippen LogP) is 2.61. The molecule has 31 heavy (non-hydrogen) atoms. The molecule has 2 aromatic rings. The highest BCUT2D eigenvalue weighted by Gasteiger charge is 2.44. The quantitative estimate of drug-likeness (QED) is 0.753. The SMILES string of the molecule is COc1ccccc1-n1ccc(C)c(C(=O)NC2CCCOC23CCNCC3)c1=O.Cl. The largest absolute Gasteiger partial charge is 0.495 e. The zero-order valence-corrected chi connectivity index (χ0v) is 18.8. The lowest BCUT2D eigenvalue weighted by molar-refractivity contribution is -0.114. The molecule has 2 saturated heterocycles. The van der Waals surface area contributed by atoms with Crippen molar-refractivity contribution in [3.8, 4) is 11.4 Å². The van der Waals surface area contributed by atoms with E-state index in [-0.39, 0.29) is 41.1 Å². The Morgan fingerprint density at radius 1 is 1.26 bits per heavy atom. The first-order valence-electron chi connectivity index (χ1n) is 10.6. The number of ether oxygens (including phenoxy) is 2. The molecular formula is C23H30ClN3O4. The van der Waals surface area contributed by atoms with E-state index in [9.17, 15) is 9.59 Å². The van der Waals surface area contributed by atoms with Gasteiger partial charge in [0.25, 0.3) is 11.5 Å². The second kappa shape index (κ2) is 9.85. The number of hydrogen-bond acceptors (Lipinski definition) is 5. The van der Waals surface area contributed by atoms with Crippen LogP contribution in [-0.2, 0) is 4.74 Å². The van der Waals surface area contributed by atoms with Crippen LogP contribution in [0.3, 0.4) is 0 Å². The van der Waals surface area contributed by atoms with Gasteiger partial charge in [0.15, 0.2) is 0 Å². The van der Waals surface area contributed by atoms with Crippen LogP contribution in [0.1, 0.15) is 41.6 Å². The molecule has 2 N–H and O–H groups in total. The van der Waals surface area contributed by atoms with Crippen molar-refractivity contribution in [1.29, 1.82) is 0 Å². The summed E-state index contributed by atoms with van der Waals surface area (Å²) in [5.41, 5.74) is 0.726. The number of carbonyl (C=O) groups is 1. The molecule has 1 aromatic carbocycles. The summed E-state index contributed by atoms with van der Waals surface area (Å²) in [4.78, 5) is 26.6. The normalized spacial score (nSPS) is 20.0. The van der Waals surface area contributed by atoms with Crippen molar-refractivity contribution in [2.75, 3.05) is 26.8 Å². The van der Waals surface area contributed by atoms with E-state index < -0.39 is 0 Å². The summed E-state index contributed by atoms with van der Waals surface area (Å²) in [6.45, 7) is 4.26. The number of methoxy groups -OCH3 is 1. The third-order valence-corrected chi connectivity index (χ3v) is 6.29. The van der Waals surface area contributed by atoms with Crippen LogP contribution < -0.4 is 20.9 Å². The minimum absolute atomic E-state index is 0.